The van der Waals surface area contributed by atoms with Crippen LogP contribution in [0.4, 0.5) is 39.5 Å². The minimum absolute atomic E-state index is 0. The molecule has 23 heavy (non-hydrogen) atoms. The average molecular weight is 451 g/mol. The van der Waals surface area contributed by atoms with E-state index < -0.39 is 50.0 Å². The van der Waals surface area contributed by atoms with Gasteiger partial charge in [0.2, 0.25) is 0 Å². The van der Waals surface area contributed by atoms with Crippen LogP contribution in [0, 0.1) is 0 Å². The molecule has 0 saturated heterocycles. The molecule has 6 nitrogen and oxygen atoms in total. The predicted molar refractivity (Wildman–Crippen MR) is 54.5 cm³/mol. The SMILES string of the molecule is O=S(=O)(C(S(=O)(=O)C(F)(F)F)S(=O)(=O)C(F)(F)F)C(F)(F)F.[K]. The van der Waals surface area contributed by atoms with Gasteiger partial charge in [-0.3, -0.25) is 0 Å². The summed E-state index contributed by atoms with van der Waals surface area (Å²) in [5.74, 6) is 0. The molecule has 0 aliphatic carbocycles. The van der Waals surface area contributed by atoms with Crippen LogP contribution in [-0.4, -0.2) is 97.1 Å². The fraction of sp³-hybridized carbons (Fsp3) is 1.00. The third kappa shape index (κ3) is 4.73. The number of alkyl halides is 9. The molecule has 1 radical (unpaired) electrons. The first kappa shape index (κ1) is 26.1. The molecular formula is C4HF9KO6S3. The van der Waals surface area contributed by atoms with Crippen molar-refractivity contribution in [1.29, 1.82) is 0 Å². The topological polar surface area (TPSA) is 102 Å². The summed E-state index contributed by atoms with van der Waals surface area (Å²) in [6.45, 7) is 0. The van der Waals surface area contributed by atoms with E-state index in [9.17, 15) is 64.8 Å². The van der Waals surface area contributed by atoms with E-state index in [2.05, 4.69) is 0 Å². The van der Waals surface area contributed by atoms with E-state index in [1.54, 1.807) is 0 Å². The summed E-state index contributed by atoms with van der Waals surface area (Å²) >= 11 is 0. The Hall–Kier alpha value is 0.856. The Morgan fingerprint density at radius 2 is 0.609 bits per heavy atom. The van der Waals surface area contributed by atoms with Crippen LogP contribution in [0.15, 0.2) is 0 Å². The molecule has 0 fully saturated rings. The van der Waals surface area contributed by atoms with Crippen LogP contribution in [0.1, 0.15) is 0 Å². The summed E-state index contributed by atoms with van der Waals surface area (Å²) in [6.07, 6.45) is 0. The van der Waals surface area contributed by atoms with Crippen molar-refractivity contribution in [3.05, 3.63) is 0 Å². The van der Waals surface area contributed by atoms with E-state index in [0.29, 0.717) is 0 Å². The summed E-state index contributed by atoms with van der Waals surface area (Å²) in [7, 11) is -23.8. The van der Waals surface area contributed by atoms with E-state index in [0.717, 1.165) is 0 Å². The number of hydrogen-bond donors (Lipinski definition) is 0. The Morgan fingerprint density at radius 3 is 0.696 bits per heavy atom. The molecule has 0 bridgehead atoms. The molecule has 0 amide bonds. The van der Waals surface area contributed by atoms with E-state index in [4.69, 9.17) is 0 Å². The first-order chi connectivity index (χ1) is 9.12. The van der Waals surface area contributed by atoms with Crippen molar-refractivity contribution in [1.82, 2.24) is 0 Å². The van der Waals surface area contributed by atoms with Gasteiger partial charge in [-0.15, -0.1) is 0 Å². The normalized spacial score (nSPS) is 15.4. The quantitative estimate of drug-likeness (QED) is 0.462. The van der Waals surface area contributed by atoms with Crippen molar-refractivity contribution in [2.45, 2.75) is 20.4 Å². The molecule has 0 aromatic heterocycles. The summed E-state index contributed by atoms with van der Waals surface area (Å²) in [4.78, 5) is 0. The van der Waals surface area contributed by atoms with Crippen LogP contribution < -0.4 is 0 Å². The van der Waals surface area contributed by atoms with Gasteiger partial charge in [0.1, 0.15) is 0 Å². The van der Waals surface area contributed by atoms with Crippen LogP contribution in [0.3, 0.4) is 0 Å². The van der Waals surface area contributed by atoms with E-state index in [-0.39, 0.29) is 51.4 Å². The molecule has 0 heterocycles. The van der Waals surface area contributed by atoms with Gasteiger partial charge in [0.05, 0.1) is 0 Å². The van der Waals surface area contributed by atoms with Crippen molar-refractivity contribution < 1.29 is 64.8 Å². The van der Waals surface area contributed by atoms with Crippen molar-refractivity contribution >= 4 is 80.9 Å². The maximum Gasteiger partial charge on any atom is 0.499 e. The Bertz CT molecular complexity index is 634. The zero-order chi connectivity index (χ0) is 18.6. The number of sulfone groups is 3. The van der Waals surface area contributed by atoms with Gasteiger partial charge in [0.15, 0.2) is 0 Å². The molecule has 19 heteroatoms. The molecule has 0 aromatic carbocycles. The molecular weight excluding hydrogens is 450 g/mol. The van der Waals surface area contributed by atoms with Gasteiger partial charge in [0.25, 0.3) is 33.4 Å². The largest absolute Gasteiger partial charge is 0.499 e. The zero-order valence-electron chi connectivity index (χ0n) is 10.2. The minimum Gasteiger partial charge on any atom is -0.217 e. The third-order valence-corrected chi connectivity index (χ3v) is 9.74. The molecule has 0 saturated carbocycles. The maximum atomic E-state index is 12.1. The molecule has 0 unspecified atom stereocenters. The van der Waals surface area contributed by atoms with Crippen LogP contribution in [0.5, 0.6) is 0 Å². The fourth-order valence-corrected chi connectivity index (χ4v) is 7.45. The Balaban J connectivity index is 0. The predicted octanol–water partition coefficient (Wildman–Crippen LogP) is 0.693. The third-order valence-electron chi connectivity index (χ3n) is 1.73. The monoisotopic (exact) mass is 451 g/mol. The van der Waals surface area contributed by atoms with Crippen LogP contribution in [0.25, 0.3) is 0 Å². The molecule has 0 rings (SSSR count). The molecule has 0 N–H and O–H groups in total. The van der Waals surface area contributed by atoms with Gasteiger partial charge in [-0.25, -0.2) is 25.3 Å². The van der Waals surface area contributed by atoms with Crippen molar-refractivity contribution in [2.75, 3.05) is 0 Å². The van der Waals surface area contributed by atoms with Gasteiger partial charge in [-0.2, -0.15) is 39.5 Å². The molecule has 0 aliphatic heterocycles. The van der Waals surface area contributed by atoms with Gasteiger partial charge < -0.3 is 0 Å². The van der Waals surface area contributed by atoms with Gasteiger partial charge in [-0.1, -0.05) is 0 Å². The molecule has 135 valence electrons. The minimum atomic E-state index is -7.94. The summed E-state index contributed by atoms with van der Waals surface area (Å²) in [6, 6.07) is 0. The standard InChI is InChI=1S/C4HF9O6S3.K/c5-2(6,7)20(14,15)1(21(16,17)3(8,9)10)22(18,19)4(11,12)13;/h1H;. The molecule has 0 atom stereocenters. The maximum absolute atomic E-state index is 12.1. The van der Waals surface area contributed by atoms with Crippen LogP contribution in [-0.2, 0) is 29.5 Å². The van der Waals surface area contributed by atoms with Crippen molar-refractivity contribution in [2.24, 2.45) is 0 Å². The second-order valence-corrected chi connectivity index (χ2v) is 10.2. The molecule has 0 aliphatic rings. The van der Waals surface area contributed by atoms with Gasteiger partial charge in [-0.05, 0) is 0 Å². The summed E-state index contributed by atoms with van der Waals surface area (Å²) in [5.41, 5.74) is -21.1. The van der Waals surface area contributed by atoms with Crippen molar-refractivity contribution in [3.63, 3.8) is 0 Å². The van der Waals surface area contributed by atoms with Crippen molar-refractivity contribution in [3.8, 4) is 0 Å². The van der Waals surface area contributed by atoms with Crippen LogP contribution >= 0.6 is 0 Å². The molecule has 0 aromatic rings. The zero-order valence-corrected chi connectivity index (χ0v) is 15.7. The summed E-state index contributed by atoms with van der Waals surface area (Å²) in [5, 5.41) is 0. The average Bonchev–Trinajstić information content (AvgIpc) is 2.09. The summed E-state index contributed by atoms with van der Waals surface area (Å²) < 4.78 is 167. The number of halogens is 9. The first-order valence-electron chi connectivity index (χ1n) is 4.02. The Morgan fingerprint density at radius 1 is 0.478 bits per heavy atom. The smallest absolute Gasteiger partial charge is 0.217 e. The Labute approximate surface area is 164 Å². The van der Waals surface area contributed by atoms with E-state index in [1.807, 2.05) is 0 Å². The van der Waals surface area contributed by atoms with Crippen LogP contribution in [0.2, 0.25) is 0 Å². The van der Waals surface area contributed by atoms with Gasteiger partial charge in [0, 0.05) is 51.4 Å². The number of rotatable bonds is 3. The Kier molecular flexibility index (Phi) is 7.80. The second kappa shape index (κ2) is 6.87. The number of hydrogen-bond acceptors (Lipinski definition) is 6. The van der Waals surface area contributed by atoms with E-state index >= 15 is 0 Å². The second-order valence-electron chi connectivity index (χ2n) is 3.26. The first-order valence-corrected chi connectivity index (χ1v) is 8.66. The van der Waals surface area contributed by atoms with E-state index in [1.165, 1.54) is 0 Å². The molecule has 0 spiro atoms. The van der Waals surface area contributed by atoms with Gasteiger partial charge >= 0.3 is 16.5 Å². The fourth-order valence-electron chi connectivity index (χ4n) is 0.828.